The number of imidazole rings is 1. The molecule has 0 unspecified atom stereocenters. The maximum atomic E-state index is 13.6. The van der Waals surface area contributed by atoms with E-state index in [9.17, 15) is 8.78 Å². The molecule has 5 heteroatoms. The normalized spacial score (nSPS) is 11.1. The predicted molar refractivity (Wildman–Crippen MR) is 71.2 cm³/mol. The highest BCUT2D eigenvalue weighted by molar-refractivity contribution is 5.31. The molecule has 0 amide bonds. The molecule has 0 aliphatic carbocycles. The van der Waals surface area contributed by atoms with Crippen LogP contribution in [0.5, 0.6) is 0 Å². The summed E-state index contributed by atoms with van der Waals surface area (Å²) in [6.45, 7) is 6.11. The van der Waals surface area contributed by atoms with E-state index in [0.717, 1.165) is 17.8 Å². The number of benzene rings is 1. The fraction of sp³-hybridized carbons (Fsp3) is 0.357. The third-order valence-electron chi connectivity index (χ3n) is 2.66. The molecule has 2 aromatic rings. The van der Waals surface area contributed by atoms with E-state index in [0.29, 0.717) is 11.5 Å². The molecule has 1 aromatic heterocycles. The fourth-order valence-electron chi connectivity index (χ4n) is 1.89. The zero-order valence-corrected chi connectivity index (χ0v) is 11.2. The van der Waals surface area contributed by atoms with Crippen molar-refractivity contribution in [2.75, 3.05) is 5.32 Å². The quantitative estimate of drug-likeness (QED) is 0.918. The minimum absolute atomic E-state index is 0.220. The highest BCUT2D eigenvalue weighted by atomic mass is 19.1. The minimum Gasteiger partial charge on any atom is -0.353 e. The van der Waals surface area contributed by atoms with Crippen LogP contribution in [-0.4, -0.2) is 15.6 Å². The highest BCUT2D eigenvalue weighted by Crippen LogP contribution is 2.16. The van der Waals surface area contributed by atoms with Gasteiger partial charge in [0.1, 0.15) is 11.6 Å². The number of aryl methyl sites for hydroxylation is 1. The van der Waals surface area contributed by atoms with E-state index >= 15 is 0 Å². The maximum Gasteiger partial charge on any atom is 0.203 e. The van der Waals surface area contributed by atoms with Gasteiger partial charge in [0.05, 0.1) is 12.2 Å². The van der Waals surface area contributed by atoms with Gasteiger partial charge in [-0.3, -0.25) is 0 Å². The molecule has 2 rings (SSSR count). The first-order valence-corrected chi connectivity index (χ1v) is 6.20. The van der Waals surface area contributed by atoms with Crippen LogP contribution in [0.25, 0.3) is 0 Å². The second-order valence-electron chi connectivity index (χ2n) is 4.87. The third kappa shape index (κ3) is 3.30. The van der Waals surface area contributed by atoms with Crippen LogP contribution in [0.15, 0.2) is 24.4 Å². The fourth-order valence-corrected chi connectivity index (χ4v) is 1.89. The summed E-state index contributed by atoms with van der Waals surface area (Å²) in [5.74, 6) is -0.189. The van der Waals surface area contributed by atoms with E-state index in [1.165, 1.54) is 6.07 Å². The lowest BCUT2D eigenvalue weighted by Gasteiger charge is -2.12. The number of hydrogen-bond acceptors (Lipinski definition) is 2. The van der Waals surface area contributed by atoms with E-state index < -0.39 is 11.6 Å². The van der Waals surface area contributed by atoms with Crippen molar-refractivity contribution in [3.63, 3.8) is 0 Å². The Morgan fingerprint density at radius 3 is 2.74 bits per heavy atom. The number of hydrogen-bond donors (Lipinski definition) is 1. The average molecular weight is 265 g/mol. The first-order chi connectivity index (χ1) is 8.95. The summed E-state index contributed by atoms with van der Waals surface area (Å²) < 4.78 is 28.6. The number of nitrogens with one attached hydrogen (secondary N) is 1. The predicted octanol–water partition coefficient (Wildman–Crippen LogP) is 3.34. The van der Waals surface area contributed by atoms with Gasteiger partial charge < -0.3 is 9.88 Å². The number of halogens is 2. The second-order valence-corrected chi connectivity index (χ2v) is 4.87. The zero-order valence-electron chi connectivity index (χ0n) is 11.2. The van der Waals surface area contributed by atoms with Crippen LogP contribution in [0, 0.1) is 18.6 Å². The second kappa shape index (κ2) is 5.38. The summed E-state index contributed by atoms with van der Waals surface area (Å²) in [4.78, 5) is 4.33. The van der Waals surface area contributed by atoms with E-state index in [-0.39, 0.29) is 12.6 Å². The van der Waals surface area contributed by atoms with Gasteiger partial charge in [-0.15, -0.1) is 0 Å². The Labute approximate surface area is 111 Å². The summed E-state index contributed by atoms with van der Waals surface area (Å²) in [7, 11) is 0. The SMILES string of the molecule is Cc1cn(Cc2cc(F)ccc2F)c(NC(C)C)n1. The first-order valence-electron chi connectivity index (χ1n) is 6.20. The molecule has 0 bridgehead atoms. The van der Waals surface area contributed by atoms with Crippen molar-refractivity contribution in [3.8, 4) is 0 Å². The van der Waals surface area contributed by atoms with Crippen LogP contribution in [0.1, 0.15) is 25.1 Å². The van der Waals surface area contributed by atoms with Crippen molar-refractivity contribution >= 4 is 5.95 Å². The topological polar surface area (TPSA) is 29.9 Å². The monoisotopic (exact) mass is 265 g/mol. The molecule has 102 valence electrons. The van der Waals surface area contributed by atoms with Crippen molar-refractivity contribution in [2.24, 2.45) is 0 Å². The minimum atomic E-state index is -0.438. The van der Waals surface area contributed by atoms with Crippen LogP contribution >= 0.6 is 0 Å². The molecule has 1 N–H and O–H groups in total. The Bertz CT molecular complexity index is 576. The lowest BCUT2D eigenvalue weighted by molar-refractivity contribution is 0.577. The lowest BCUT2D eigenvalue weighted by Crippen LogP contribution is -2.15. The van der Waals surface area contributed by atoms with Crippen molar-refractivity contribution in [1.82, 2.24) is 9.55 Å². The molecule has 3 nitrogen and oxygen atoms in total. The molecular formula is C14H17F2N3. The van der Waals surface area contributed by atoms with Crippen LogP contribution < -0.4 is 5.32 Å². The molecule has 0 atom stereocenters. The van der Waals surface area contributed by atoms with Gasteiger partial charge in [-0.2, -0.15) is 0 Å². The standard InChI is InChI=1S/C14H17F2N3/c1-9(2)17-14-18-10(3)7-19(14)8-11-6-12(15)4-5-13(11)16/h4-7,9H,8H2,1-3H3,(H,17,18). The lowest BCUT2D eigenvalue weighted by atomic mass is 10.2. The van der Waals surface area contributed by atoms with E-state index in [1.807, 2.05) is 27.0 Å². The van der Waals surface area contributed by atoms with Crippen LogP contribution in [0.2, 0.25) is 0 Å². The zero-order chi connectivity index (χ0) is 14.0. The van der Waals surface area contributed by atoms with Crippen LogP contribution in [0.4, 0.5) is 14.7 Å². The molecule has 1 aromatic carbocycles. The molecular weight excluding hydrogens is 248 g/mol. The largest absolute Gasteiger partial charge is 0.353 e. The van der Waals surface area contributed by atoms with E-state index in [2.05, 4.69) is 10.3 Å². The highest BCUT2D eigenvalue weighted by Gasteiger charge is 2.10. The van der Waals surface area contributed by atoms with Crippen LogP contribution in [0.3, 0.4) is 0 Å². The van der Waals surface area contributed by atoms with Crippen molar-refractivity contribution in [1.29, 1.82) is 0 Å². The Kier molecular flexibility index (Phi) is 3.83. The smallest absolute Gasteiger partial charge is 0.203 e. The molecule has 1 heterocycles. The maximum absolute atomic E-state index is 13.6. The summed E-state index contributed by atoms with van der Waals surface area (Å²) in [6.07, 6.45) is 1.81. The summed E-state index contributed by atoms with van der Waals surface area (Å²) in [5, 5.41) is 3.18. The van der Waals surface area contributed by atoms with Gasteiger partial charge in [-0.1, -0.05) is 0 Å². The molecule has 0 spiro atoms. The molecule has 0 saturated heterocycles. The Hall–Kier alpha value is -1.91. The Balaban J connectivity index is 2.29. The first kappa shape index (κ1) is 13.5. The number of rotatable bonds is 4. The van der Waals surface area contributed by atoms with Crippen molar-refractivity contribution < 1.29 is 8.78 Å². The Morgan fingerprint density at radius 1 is 1.32 bits per heavy atom. The van der Waals surface area contributed by atoms with Gasteiger partial charge in [0.25, 0.3) is 0 Å². The van der Waals surface area contributed by atoms with Crippen molar-refractivity contribution in [3.05, 3.63) is 47.3 Å². The van der Waals surface area contributed by atoms with Gasteiger partial charge in [0, 0.05) is 17.8 Å². The third-order valence-corrected chi connectivity index (χ3v) is 2.66. The molecule has 0 fully saturated rings. The summed E-state index contributed by atoms with van der Waals surface area (Å²) >= 11 is 0. The summed E-state index contributed by atoms with van der Waals surface area (Å²) in [5.41, 5.74) is 1.14. The molecule has 0 radical (unpaired) electrons. The summed E-state index contributed by atoms with van der Waals surface area (Å²) in [6, 6.07) is 3.69. The molecule has 0 aliphatic heterocycles. The van der Waals surface area contributed by atoms with Crippen molar-refractivity contribution in [2.45, 2.75) is 33.4 Å². The molecule has 0 saturated carbocycles. The average Bonchev–Trinajstić information content (AvgIpc) is 2.63. The van der Waals surface area contributed by atoms with E-state index in [1.54, 1.807) is 4.57 Å². The van der Waals surface area contributed by atoms with Crippen LogP contribution in [-0.2, 0) is 6.54 Å². The van der Waals surface area contributed by atoms with Gasteiger partial charge in [0.15, 0.2) is 0 Å². The number of anilines is 1. The van der Waals surface area contributed by atoms with Gasteiger partial charge >= 0.3 is 0 Å². The Morgan fingerprint density at radius 2 is 2.05 bits per heavy atom. The van der Waals surface area contributed by atoms with Gasteiger partial charge in [0.2, 0.25) is 5.95 Å². The van der Waals surface area contributed by atoms with Gasteiger partial charge in [-0.05, 0) is 39.0 Å². The van der Waals surface area contributed by atoms with Gasteiger partial charge in [-0.25, -0.2) is 13.8 Å². The molecule has 0 aliphatic rings. The van der Waals surface area contributed by atoms with E-state index in [4.69, 9.17) is 0 Å². The molecule has 19 heavy (non-hydrogen) atoms. The number of nitrogens with zero attached hydrogens (tertiary/aromatic N) is 2. The number of aromatic nitrogens is 2.